The minimum absolute atomic E-state index is 0.214. The number of carbonyl (C=O) groups is 1. The molecule has 0 saturated carbocycles. The second-order valence-corrected chi connectivity index (χ2v) is 11.8. The van der Waals surface area contributed by atoms with Gasteiger partial charge in [0.25, 0.3) is 0 Å². The number of hydrogen-bond acceptors (Lipinski definition) is 9. The number of nitrogens with two attached hydrogens (primary N) is 1. The maximum atomic E-state index is 11.5. The largest absolute Gasteiger partial charge is 0.494 e. The fourth-order valence-corrected chi connectivity index (χ4v) is 4.89. The number of nitrogens with zero attached hydrogens (tertiary/aromatic N) is 1. The average molecular weight is 563 g/mol. The normalized spacial score (nSPS) is 25.4. The SMILES string of the molecule is Cc1cc(OCCCCCC(C)(C)C(N)=O)ccc1CC1=C(C(C)C)CN=C1O[C@@H]1O[C@H](CO)[C@@H](O)[C@H](O)[C@H]1O. The van der Waals surface area contributed by atoms with Gasteiger partial charge in [-0.2, -0.15) is 0 Å². The van der Waals surface area contributed by atoms with Crippen LogP contribution in [0.25, 0.3) is 0 Å². The number of aliphatic hydroxyl groups is 4. The summed E-state index contributed by atoms with van der Waals surface area (Å²) in [6.45, 7) is 10.4. The van der Waals surface area contributed by atoms with Gasteiger partial charge in [-0.3, -0.25) is 4.79 Å². The lowest BCUT2D eigenvalue weighted by Gasteiger charge is -2.39. The summed E-state index contributed by atoms with van der Waals surface area (Å²) in [6, 6.07) is 5.97. The minimum Gasteiger partial charge on any atom is -0.494 e. The van der Waals surface area contributed by atoms with E-state index in [1.165, 1.54) is 0 Å². The molecule has 1 fully saturated rings. The predicted octanol–water partition coefficient (Wildman–Crippen LogP) is 2.17. The van der Waals surface area contributed by atoms with Gasteiger partial charge in [0.15, 0.2) is 0 Å². The first kappa shape index (κ1) is 32.0. The number of hydrogen-bond donors (Lipinski definition) is 5. The van der Waals surface area contributed by atoms with Gasteiger partial charge in [-0.1, -0.05) is 46.6 Å². The van der Waals surface area contributed by atoms with E-state index in [2.05, 4.69) is 18.8 Å². The lowest BCUT2D eigenvalue weighted by molar-refractivity contribution is -0.281. The van der Waals surface area contributed by atoms with E-state index in [0.29, 0.717) is 25.5 Å². The molecule has 0 aliphatic carbocycles. The van der Waals surface area contributed by atoms with Crippen molar-refractivity contribution in [3.63, 3.8) is 0 Å². The number of carbonyl (C=O) groups excluding carboxylic acids is 1. The van der Waals surface area contributed by atoms with Crippen LogP contribution in [0, 0.1) is 18.3 Å². The number of aliphatic imine (C=N–C) groups is 1. The third-order valence-electron chi connectivity index (χ3n) is 7.88. The second kappa shape index (κ2) is 13.9. The summed E-state index contributed by atoms with van der Waals surface area (Å²) >= 11 is 0. The lowest BCUT2D eigenvalue weighted by atomic mass is 9.86. The summed E-state index contributed by atoms with van der Waals surface area (Å²) < 4.78 is 17.5. The number of unbranched alkanes of at least 4 members (excludes halogenated alkanes) is 2. The first-order valence-electron chi connectivity index (χ1n) is 14.1. The van der Waals surface area contributed by atoms with Gasteiger partial charge in [-0.25, -0.2) is 4.99 Å². The predicted molar refractivity (Wildman–Crippen MR) is 151 cm³/mol. The third-order valence-corrected chi connectivity index (χ3v) is 7.88. The first-order chi connectivity index (χ1) is 18.9. The highest BCUT2D eigenvalue weighted by atomic mass is 16.7. The Bertz CT molecular complexity index is 1080. The van der Waals surface area contributed by atoms with E-state index >= 15 is 0 Å². The lowest BCUT2D eigenvalue weighted by Crippen LogP contribution is -2.59. The van der Waals surface area contributed by atoms with Crippen molar-refractivity contribution in [2.45, 2.75) is 97.4 Å². The summed E-state index contributed by atoms with van der Waals surface area (Å²) in [4.78, 5) is 16.0. The number of amides is 1. The van der Waals surface area contributed by atoms with Gasteiger partial charge in [-0.15, -0.1) is 0 Å². The molecular weight excluding hydrogens is 516 g/mol. The standard InChI is InChI=1S/C30H46N2O8/c1-17(2)22-15-32-27(40-28-26(36)25(35)24(34)23(16-33)39-28)21(22)14-19-9-10-20(13-18(19)3)38-12-8-6-7-11-30(4,5)29(31)37/h9-10,13,17,23-26,28,33-36H,6-8,11-12,14-16H2,1-5H3,(H2,31,37)/t23-,24-,25+,26-,28+/m1/s1. The van der Waals surface area contributed by atoms with Crippen LogP contribution in [0.15, 0.2) is 34.3 Å². The van der Waals surface area contributed by atoms with Gasteiger partial charge in [0.05, 0.1) is 19.8 Å². The molecule has 2 aliphatic rings. The Hall–Kier alpha value is -2.50. The van der Waals surface area contributed by atoms with Gasteiger partial charge < -0.3 is 40.4 Å². The van der Waals surface area contributed by atoms with Crippen LogP contribution >= 0.6 is 0 Å². The Morgan fingerprint density at radius 1 is 1.15 bits per heavy atom. The highest BCUT2D eigenvalue weighted by Crippen LogP contribution is 2.31. The van der Waals surface area contributed by atoms with Crippen molar-refractivity contribution in [2.75, 3.05) is 19.8 Å². The minimum atomic E-state index is -1.52. The smallest absolute Gasteiger partial charge is 0.231 e. The highest BCUT2D eigenvalue weighted by molar-refractivity contribution is 5.97. The summed E-state index contributed by atoms with van der Waals surface area (Å²) in [5.74, 6) is 1.06. The van der Waals surface area contributed by atoms with Crippen LogP contribution in [0.4, 0.5) is 0 Å². The molecule has 5 atom stereocenters. The molecule has 2 heterocycles. The molecule has 1 aromatic rings. The molecule has 1 saturated heterocycles. The highest BCUT2D eigenvalue weighted by Gasteiger charge is 2.45. The van der Waals surface area contributed by atoms with Gasteiger partial charge >= 0.3 is 0 Å². The summed E-state index contributed by atoms with van der Waals surface area (Å²) in [7, 11) is 0. The molecule has 6 N–H and O–H groups in total. The number of aryl methyl sites for hydroxylation is 1. The monoisotopic (exact) mass is 562 g/mol. The molecule has 0 aromatic heterocycles. The fourth-order valence-electron chi connectivity index (χ4n) is 4.89. The van der Waals surface area contributed by atoms with E-state index in [1.54, 1.807) is 0 Å². The Morgan fingerprint density at radius 2 is 1.88 bits per heavy atom. The summed E-state index contributed by atoms with van der Waals surface area (Å²) in [5, 5.41) is 40.2. The Balaban J connectivity index is 1.61. The van der Waals surface area contributed by atoms with E-state index in [0.717, 1.165) is 53.7 Å². The molecular formula is C30H46N2O8. The van der Waals surface area contributed by atoms with Crippen molar-refractivity contribution < 1.29 is 39.4 Å². The van der Waals surface area contributed by atoms with Gasteiger partial charge in [0.1, 0.15) is 30.2 Å². The van der Waals surface area contributed by atoms with E-state index in [1.807, 2.05) is 39.0 Å². The molecule has 2 aliphatic heterocycles. The molecule has 3 rings (SSSR count). The maximum absolute atomic E-state index is 11.5. The van der Waals surface area contributed by atoms with Crippen LogP contribution in [0.3, 0.4) is 0 Å². The second-order valence-electron chi connectivity index (χ2n) is 11.8. The van der Waals surface area contributed by atoms with E-state index in [4.69, 9.17) is 19.9 Å². The molecule has 0 radical (unpaired) electrons. The number of rotatable bonds is 13. The molecule has 0 spiro atoms. The number of primary amides is 1. The van der Waals surface area contributed by atoms with Crippen molar-refractivity contribution in [1.29, 1.82) is 0 Å². The molecule has 224 valence electrons. The zero-order valence-electron chi connectivity index (χ0n) is 24.3. The van der Waals surface area contributed by atoms with Gasteiger partial charge in [0, 0.05) is 17.4 Å². The maximum Gasteiger partial charge on any atom is 0.231 e. The number of benzene rings is 1. The quantitative estimate of drug-likeness (QED) is 0.228. The molecule has 1 amide bonds. The van der Waals surface area contributed by atoms with E-state index in [-0.39, 0.29) is 11.8 Å². The van der Waals surface area contributed by atoms with Crippen LogP contribution in [-0.4, -0.2) is 82.7 Å². The Kier molecular flexibility index (Phi) is 11.1. The average Bonchev–Trinajstić information content (AvgIpc) is 3.30. The van der Waals surface area contributed by atoms with E-state index < -0.39 is 42.7 Å². The van der Waals surface area contributed by atoms with Gasteiger partial charge in [0.2, 0.25) is 18.1 Å². The van der Waals surface area contributed by atoms with Crippen molar-refractivity contribution in [2.24, 2.45) is 22.1 Å². The first-order valence-corrected chi connectivity index (χ1v) is 14.1. The van der Waals surface area contributed by atoms with Crippen molar-refractivity contribution in [1.82, 2.24) is 0 Å². The third kappa shape index (κ3) is 7.82. The zero-order valence-corrected chi connectivity index (χ0v) is 24.3. The van der Waals surface area contributed by atoms with Crippen LogP contribution < -0.4 is 10.5 Å². The molecule has 40 heavy (non-hydrogen) atoms. The fraction of sp³-hybridized carbons (Fsp3) is 0.667. The van der Waals surface area contributed by atoms with Crippen LogP contribution in [0.2, 0.25) is 0 Å². The topological polar surface area (TPSA) is 164 Å². The molecule has 10 heteroatoms. The van der Waals surface area contributed by atoms with Crippen LogP contribution in [0.1, 0.15) is 64.5 Å². The van der Waals surface area contributed by atoms with Crippen LogP contribution in [-0.2, 0) is 20.7 Å². The van der Waals surface area contributed by atoms with Crippen molar-refractivity contribution in [3.05, 3.63) is 40.5 Å². The number of ether oxygens (including phenoxy) is 3. The zero-order chi connectivity index (χ0) is 29.6. The summed E-state index contributed by atoms with van der Waals surface area (Å²) in [5.41, 5.74) is 9.08. The van der Waals surface area contributed by atoms with E-state index in [9.17, 15) is 25.2 Å². The molecule has 1 aromatic carbocycles. The molecule has 0 bridgehead atoms. The van der Waals surface area contributed by atoms with Crippen molar-refractivity contribution >= 4 is 11.8 Å². The molecule has 10 nitrogen and oxygen atoms in total. The number of aliphatic hydroxyl groups excluding tert-OH is 4. The van der Waals surface area contributed by atoms with Crippen molar-refractivity contribution in [3.8, 4) is 5.75 Å². The molecule has 0 unspecified atom stereocenters. The van der Waals surface area contributed by atoms with Gasteiger partial charge in [-0.05, 0) is 54.5 Å². The Labute approximate surface area is 236 Å². The summed E-state index contributed by atoms with van der Waals surface area (Å²) in [6.07, 6.45) is -2.76. The van der Waals surface area contributed by atoms with Crippen LogP contribution in [0.5, 0.6) is 5.75 Å². The Morgan fingerprint density at radius 3 is 2.50 bits per heavy atom.